The lowest BCUT2D eigenvalue weighted by molar-refractivity contribution is 0.0601. The minimum Gasteiger partial charge on any atom is -0.465 e. The molecular weight excluding hydrogens is 522 g/mol. The quantitative estimate of drug-likeness (QED) is 0.210. The van der Waals surface area contributed by atoms with E-state index in [4.69, 9.17) is 14.7 Å². The summed E-state index contributed by atoms with van der Waals surface area (Å²) in [6, 6.07) is 20.7. The fourth-order valence-electron chi connectivity index (χ4n) is 5.98. The molecule has 1 aliphatic rings. The summed E-state index contributed by atoms with van der Waals surface area (Å²) in [6.07, 6.45) is 6.08. The maximum atomic E-state index is 13.6. The number of nitrogens with zero attached hydrogens (tertiary/aromatic N) is 5. The van der Waals surface area contributed by atoms with Gasteiger partial charge in [-0.15, -0.1) is 0 Å². The number of imidazole rings is 2. The van der Waals surface area contributed by atoms with Crippen molar-refractivity contribution in [2.45, 2.75) is 46.1 Å². The van der Waals surface area contributed by atoms with Crippen molar-refractivity contribution in [1.82, 2.24) is 19.1 Å². The van der Waals surface area contributed by atoms with Crippen molar-refractivity contribution in [3.8, 4) is 28.2 Å². The van der Waals surface area contributed by atoms with E-state index in [1.807, 2.05) is 53.4 Å². The van der Waals surface area contributed by atoms with Gasteiger partial charge in [0.15, 0.2) is 0 Å². The van der Waals surface area contributed by atoms with Crippen molar-refractivity contribution in [1.29, 1.82) is 0 Å². The lowest BCUT2D eigenvalue weighted by atomic mass is 9.82. The first-order valence-corrected chi connectivity index (χ1v) is 14.4. The molecule has 3 aromatic carbocycles. The largest absolute Gasteiger partial charge is 0.465 e. The van der Waals surface area contributed by atoms with Gasteiger partial charge in [-0.2, -0.15) is 0 Å². The van der Waals surface area contributed by atoms with Crippen LogP contribution in [0.3, 0.4) is 0 Å². The Bertz CT molecular complexity index is 1840. The smallest absolute Gasteiger partial charge is 0.340 e. The molecule has 0 fully saturated rings. The van der Waals surface area contributed by atoms with Crippen LogP contribution < -0.4 is 4.90 Å². The SMILES string of the molecule is COC(=O)c1c(-c2ccccc2)ccc(C(C)(C)C)c1-n1cnc2ccc(-c3nc4c(n3C)N(C(C)C)CC=C4)cc21. The van der Waals surface area contributed by atoms with Crippen LogP contribution in [0.2, 0.25) is 0 Å². The van der Waals surface area contributed by atoms with Crippen molar-refractivity contribution in [2.75, 3.05) is 18.6 Å². The highest BCUT2D eigenvalue weighted by atomic mass is 16.5. The van der Waals surface area contributed by atoms with Gasteiger partial charge in [0.1, 0.15) is 23.7 Å². The minimum absolute atomic E-state index is 0.257. The Balaban J connectivity index is 1.61. The van der Waals surface area contributed by atoms with Crippen LogP contribution >= 0.6 is 0 Å². The molecule has 7 heteroatoms. The van der Waals surface area contributed by atoms with Crippen LogP contribution in [0.15, 0.2) is 73.1 Å². The van der Waals surface area contributed by atoms with Crippen LogP contribution in [-0.2, 0) is 17.2 Å². The highest BCUT2D eigenvalue weighted by Crippen LogP contribution is 2.39. The second kappa shape index (κ2) is 10.3. The number of aromatic nitrogens is 4. The number of benzene rings is 3. The van der Waals surface area contributed by atoms with Crippen molar-refractivity contribution in [3.05, 3.63) is 89.9 Å². The minimum atomic E-state index is -0.384. The Labute approximate surface area is 247 Å². The van der Waals surface area contributed by atoms with Gasteiger partial charge in [0.2, 0.25) is 0 Å². The van der Waals surface area contributed by atoms with E-state index in [0.717, 1.165) is 62.9 Å². The first-order valence-electron chi connectivity index (χ1n) is 14.4. The van der Waals surface area contributed by atoms with E-state index in [-0.39, 0.29) is 11.4 Å². The van der Waals surface area contributed by atoms with Gasteiger partial charge in [-0.05, 0) is 60.2 Å². The number of hydrogen-bond donors (Lipinski definition) is 0. The average molecular weight is 560 g/mol. The highest BCUT2D eigenvalue weighted by Gasteiger charge is 2.29. The van der Waals surface area contributed by atoms with Gasteiger partial charge in [0.25, 0.3) is 0 Å². The molecule has 0 unspecified atom stereocenters. The van der Waals surface area contributed by atoms with E-state index in [2.05, 4.69) is 81.5 Å². The van der Waals surface area contributed by atoms with Gasteiger partial charge < -0.3 is 14.2 Å². The number of carbonyl (C=O) groups excluding carboxylic acids is 1. The molecule has 214 valence electrons. The highest BCUT2D eigenvalue weighted by molar-refractivity contribution is 6.02. The first kappa shape index (κ1) is 27.5. The zero-order valence-corrected chi connectivity index (χ0v) is 25.3. The van der Waals surface area contributed by atoms with Gasteiger partial charge in [-0.1, -0.05) is 69.3 Å². The number of esters is 1. The lowest BCUT2D eigenvalue weighted by Crippen LogP contribution is -2.34. The van der Waals surface area contributed by atoms with Crippen molar-refractivity contribution < 1.29 is 9.53 Å². The average Bonchev–Trinajstić information content (AvgIpc) is 3.56. The Morgan fingerprint density at radius 3 is 2.45 bits per heavy atom. The third-order valence-corrected chi connectivity index (χ3v) is 8.07. The fraction of sp³-hybridized carbons (Fsp3) is 0.286. The standard InChI is InChI=1S/C35H37N5O2/c1-22(2)39-19-11-14-28-33(39)38(6)32(37-28)24-15-18-27-29(20-24)40(21-36-27)31-26(35(3,4)5)17-16-25(30(31)34(41)42-7)23-12-9-8-10-13-23/h8-18,20-22H,19H2,1-7H3. The van der Waals surface area contributed by atoms with E-state index in [1.54, 1.807) is 0 Å². The summed E-state index contributed by atoms with van der Waals surface area (Å²) in [5.41, 5.74) is 7.52. The van der Waals surface area contributed by atoms with E-state index < -0.39 is 0 Å². The number of carbonyl (C=O) groups is 1. The number of anilines is 1. The van der Waals surface area contributed by atoms with E-state index >= 15 is 0 Å². The molecule has 7 nitrogen and oxygen atoms in total. The molecule has 1 aliphatic heterocycles. The summed E-state index contributed by atoms with van der Waals surface area (Å²) in [7, 11) is 3.51. The summed E-state index contributed by atoms with van der Waals surface area (Å²) in [4.78, 5) is 25.8. The number of hydrogen-bond acceptors (Lipinski definition) is 5. The van der Waals surface area contributed by atoms with Crippen LogP contribution in [0.5, 0.6) is 0 Å². The Hall–Kier alpha value is -4.65. The number of methoxy groups -OCH3 is 1. The molecule has 0 radical (unpaired) electrons. The van der Waals surface area contributed by atoms with Crippen molar-refractivity contribution >= 4 is 28.9 Å². The lowest BCUT2D eigenvalue weighted by Gasteiger charge is -2.30. The summed E-state index contributed by atoms with van der Waals surface area (Å²) >= 11 is 0. The second-order valence-electron chi connectivity index (χ2n) is 12.2. The van der Waals surface area contributed by atoms with E-state index in [9.17, 15) is 4.79 Å². The molecule has 0 atom stereocenters. The number of rotatable bonds is 5. The molecule has 0 N–H and O–H groups in total. The zero-order chi connectivity index (χ0) is 29.8. The van der Waals surface area contributed by atoms with Crippen LogP contribution in [-0.4, -0.2) is 44.8 Å². The van der Waals surface area contributed by atoms with Crippen LogP contribution in [0.4, 0.5) is 5.82 Å². The van der Waals surface area contributed by atoms with Gasteiger partial charge in [0, 0.05) is 25.2 Å². The third-order valence-electron chi connectivity index (χ3n) is 8.07. The van der Waals surface area contributed by atoms with Gasteiger partial charge in [0.05, 0.1) is 29.4 Å². The maximum Gasteiger partial charge on any atom is 0.340 e. The Morgan fingerprint density at radius 1 is 1.00 bits per heavy atom. The molecule has 0 saturated carbocycles. The monoisotopic (exact) mass is 559 g/mol. The van der Waals surface area contributed by atoms with Crippen LogP contribution in [0.25, 0.3) is 45.3 Å². The molecule has 42 heavy (non-hydrogen) atoms. The maximum absolute atomic E-state index is 13.6. The molecule has 0 bridgehead atoms. The molecule has 0 aliphatic carbocycles. The normalized spacial score (nSPS) is 13.2. The predicted octanol–water partition coefficient (Wildman–Crippen LogP) is 7.42. The summed E-state index contributed by atoms with van der Waals surface area (Å²) in [5, 5.41) is 0. The van der Waals surface area contributed by atoms with E-state index in [0.29, 0.717) is 11.6 Å². The zero-order valence-electron chi connectivity index (χ0n) is 25.3. The van der Waals surface area contributed by atoms with Gasteiger partial charge in [-0.25, -0.2) is 14.8 Å². The summed E-state index contributed by atoms with van der Waals surface area (Å²) < 4.78 is 9.63. The third kappa shape index (κ3) is 4.49. The predicted molar refractivity (Wildman–Crippen MR) is 170 cm³/mol. The molecule has 0 spiro atoms. The van der Waals surface area contributed by atoms with Gasteiger partial charge in [-0.3, -0.25) is 4.57 Å². The first-order chi connectivity index (χ1) is 20.1. The summed E-state index contributed by atoms with van der Waals surface area (Å²) in [6.45, 7) is 11.7. The summed E-state index contributed by atoms with van der Waals surface area (Å²) in [5.74, 6) is 1.62. The Kier molecular flexibility index (Phi) is 6.76. The van der Waals surface area contributed by atoms with Crippen molar-refractivity contribution in [3.63, 3.8) is 0 Å². The van der Waals surface area contributed by atoms with Crippen LogP contribution in [0.1, 0.15) is 56.2 Å². The number of fused-ring (bicyclic) bond motifs is 2. The molecule has 3 heterocycles. The molecule has 0 saturated heterocycles. The Morgan fingerprint density at radius 2 is 1.76 bits per heavy atom. The van der Waals surface area contributed by atoms with Crippen molar-refractivity contribution in [2.24, 2.45) is 7.05 Å². The molecule has 0 amide bonds. The second-order valence-corrected chi connectivity index (χ2v) is 12.2. The number of ether oxygens (including phenoxy) is 1. The molecule has 6 rings (SSSR count). The molecular formula is C35H37N5O2. The van der Waals surface area contributed by atoms with Gasteiger partial charge >= 0.3 is 5.97 Å². The topological polar surface area (TPSA) is 65.2 Å². The molecule has 5 aromatic rings. The fourth-order valence-corrected chi connectivity index (χ4v) is 5.98. The van der Waals surface area contributed by atoms with Crippen LogP contribution in [0, 0.1) is 0 Å². The van der Waals surface area contributed by atoms with E-state index in [1.165, 1.54) is 7.11 Å². The molecule has 2 aromatic heterocycles.